The van der Waals surface area contributed by atoms with E-state index in [1.54, 1.807) is 0 Å². The van der Waals surface area contributed by atoms with Crippen LogP contribution in [-0.4, -0.2) is 18.2 Å². The molecular formula is C13H19NO. The van der Waals surface area contributed by atoms with Crippen LogP contribution >= 0.6 is 0 Å². The number of hydrogen-bond donors (Lipinski definition) is 2. The van der Waals surface area contributed by atoms with E-state index in [2.05, 4.69) is 23.5 Å². The van der Waals surface area contributed by atoms with Crippen molar-refractivity contribution in [3.63, 3.8) is 0 Å². The van der Waals surface area contributed by atoms with Crippen molar-refractivity contribution in [1.82, 2.24) is 5.32 Å². The Morgan fingerprint density at radius 2 is 2.07 bits per heavy atom. The Morgan fingerprint density at radius 3 is 2.73 bits per heavy atom. The van der Waals surface area contributed by atoms with Gasteiger partial charge in [0.2, 0.25) is 0 Å². The van der Waals surface area contributed by atoms with E-state index >= 15 is 0 Å². The SMILES string of the molecule is C[C@@H](O)c1cccc(C2CCNCC2)c1. The van der Waals surface area contributed by atoms with Gasteiger partial charge < -0.3 is 10.4 Å². The Kier molecular flexibility index (Phi) is 3.39. The number of nitrogens with one attached hydrogen (secondary N) is 1. The van der Waals surface area contributed by atoms with Gasteiger partial charge in [-0.25, -0.2) is 0 Å². The van der Waals surface area contributed by atoms with Crippen LogP contribution in [0.1, 0.15) is 42.9 Å². The standard InChI is InChI=1S/C13H19NO/c1-10(15)12-3-2-4-13(9-12)11-5-7-14-8-6-11/h2-4,9-11,14-15H,5-8H2,1H3/t10-/m1/s1. The van der Waals surface area contributed by atoms with Crippen molar-refractivity contribution in [3.05, 3.63) is 35.4 Å². The minimum atomic E-state index is -0.355. The summed E-state index contributed by atoms with van der Waals surface area (Å²) in [5.41, 5.74) is 2.42. The summed E-state index contributed by atoms with van der Waals surface area (Å²) in [5.74, 6) is 0.671. The van der Waals surface area contributed by atoms with Gasteiger partial charge in [0, 0.05) is 0 Å². The van der Waals surface area contributed by atoms with Gasteiger partial charge in [0.25, 0.3) is 0 Å². The zero-order valence-corrected chi connectivity index (χ0v) is 9.24. The van der Waals surface area contributed by atoms with Crippen LogP contribution < -0.4 is 5.32 Å². The Morgan fingerprint density at radius 1 is 1.33 bits per heavy atom. The lowest BCUT2D eigenvalue weighted by Crippen LogP contribution is -2.26. The highest BCUT2D eigenvalue weighted by Crippen LogP contribution is 2.27. The average molecular weight is 205 g/mol. The molecule has 2 heteroatoms. The third kappa shape index (κ3) is 2.58. The summed E-state index contributed by atoms with van der Waals surface area (Å²) in [6, 6.07) is 8.39. The summed E-state index contributed by atoms with van der Waals surface area (Å²) in [5, 5.41) is 12.9. The Hall–Kier alpha value is -0.860. The fraction of sp³-hybridized carbons (Fsp3) is 0.538. The van der Waals surface area contributed by atoms with E-state index in [0.717, 1.165) is 18.7 Å². The Balaban J connectivity index is 2.16. The molecule has 1 saturated heterocycles. The third-order valence-electron chi connectivity index (χ3n) is 3.20. The molecule has 2 N–H and O–H groups in total. The predicted molar refractivity (Wildman–Crippen MR) is 61.9 cm³/mol. The maximum Gasteiger partial charge on any atom is 0.0762 e. The molecule has 15 heavy (non-hydrogen) atoms. The van der Waals surface area contributed by atoms with E-state index in [1.807, 2.05) is 13.0 Å². The molecule has 2 nitrogen and oxygen atoms in total. The van der Waals surface area contributed by atoms with Crippen LogP contribution in [0.4, 0.5) is 0 Å². The van der Waals surface area contributed by atoms with Crippen molar-refractivity contribution in [2.24, 2.45) is 0 Å². The highest BCUT2D eigenvalue weighted by Gasteiger charge is 2.15. The highest BCUT2D eigenvalue weighted by molar-refractivity contribution is 5.28. The van der Waals surface area contributed by atoms with Crippen molar-refractivity contribution in [1.29, 1.82) is 0 Å². The van der Waals surface area contributed by atoms with Gasteiger partial charge in [-0.1, -0.05) is 24.3 Å². The van der Waals surface area contributed by atoms with Crippen molar-refractivity contribution in [2.75, 3.05) is 13.1 Å². The van der Waals surface area contributed by atoms with Crippen molar-refractivity contribution in [2.45, 2.75) is 31.8 Å². The highest BCUT2D eigenvalue weighted by atomic mass is 16.3. The van der Waals surface area contributed by atoms with Crippen LogP contribution in [0.3, 0.4) is 0 Å². The Bertz CT molecular complexity index is 316. The van der Waals surface area contributed by atoms with E-state index in [-0.39, 0.29) is 6.10 Å². The van der Waals surface area contributed by atoms with E-state index in [4.69, 9.17) is 0 Å². The molecular weight excluding hydrogens is 186 g/mol. The molecule has 1 heterocycles. The molecule has 1 atom stereocenters. The minimum absolute atomic E-state index is 0.355. The molecule has 1 fully saturated rings. The third-order valence-corrected chi connectivity index (χ3v) is 3.20. The van der Waals surface area contributed by atoms with Crippen LogP contribution in [0.5, 0.6) is 0 Å². The number of aliphatic hydroxyl groups excluding tert-OH is 1. The summed E-state index contributed by atoms with van der Waals surface area (Å²) in [4.78, 5) is 0. The average Bonchev–Trinajstić information content (AvgIpc) is 2.30. The fourth-order valence-corrected chi connectivity index (χ4v) is 2.23. The first-order valence-corrected chi connectivity index (χ1v) is 5.76. The van der Waals surface area contributed by atoms with Crippen LogP contribution in [0, 0.1) is 0 Å². The predicted octanol–water partition coefficient (Wildman–Crippen LogP) is 2.21. The van der Waals surface area contributed by atoms with Crippen molar-refractivity contribution < 1.29 is 5.11 Å². The quantitative estimate of drug-likeness (QED) is 0.776. The van der Waals surface area contributed by atoms with Crippen molar-refractivity contribution >= 4 is 0 Å². The fourth-order valence-electron chi connectivity index (χ4n) is 2.23. The van der Waals surface area contributed by atoms with Crippen LogP contribution in [0.2, 0.25) is 0 Å². The van der Waals surface area contributed by atoms with Crippen LogP contribution in [0.15, 0.2) is 24.3 Å². The van der Waals surface area contributed by atoms with Crippen LogP contribution in [-0.2, 0) is 0 Å². The van der Waals surface area contributed by atoms with Gasteiger partial charge in [0.1, 0.15) is 0 Å². The molecule has 0 radical (unpaired) electrons. The van der Waals surface area contributed by atoms with E-state index < -0.39 is 0 Å². The second-order valence-corrected chi connectivity index (χ2v) is 4.37. The van der Waals surface area contributed by atoms with Gasteiger partial charge in [-0.15, -0.1) is 0 Å². The first-order valence-electron chi connectivity index (χ1n) is 5.76. The second kappa shape index (κ2) is 4.77. The minimum Gasteiger partial charge on any atom is -0.389 e. The zero-order valence-electron chi connectivity index (χ0n) is 9.24. The lowest BCUT2D eigenvalue weighted by molar-refractivity contribution is 0.199. The number of hydrogen-bond acceptors (Lipinski definition) is 2. The largest absolute Gasteiger partial charge is 0.389 e. The van der Waals surface area contributed by atoms with Crippen molar-refractivity contribution in [3.8, 4) is 0 Å². The molecule has 82 valence electrons. The molecule has 1 aliphatic rings. The van der Waals surface area contributed by atoms with E-state index in [0.29, 0.717) is 5.92 Å². The molecule has 1 aromatic rings. The Labute approximate surface area is 91.3 Å². The molecule has 0 aliphatic carbocycles. The molecule has 0 saturated carbocycles. The number of benzene rings is 1. The summed E-state index contributed by atoms with van der Waals surface area (Å²) < 4.78 is 0. The van der Waals surface area contributed by atoms with Gasteiger partial charge in [0.15, 0.2) is 0 Å². The normalized spacial score (nSPS) is 20.1. The maximum absolute atomic E-state index is 9.53. The molecule has 0 bridgehead atoms. The lowest BCUT2D eigenvalue weighted by Gasteiger charge is -2.23. The summed E-state index contributed by atoms with van der Waals surface area (Å²) in [7, 11) is 0. The summed E-state index contributed by atoms with van der Waals surface area (Å²) >= 11 is 0. The molecule has 0 aromatic heterocycles. The topological polar surface area (TPSA) is 32.3 Å². The first kappa shape index (κ1) is 10.7. The molecule has 1 aromatic carbocycles. The maximum atomic E-state index is 9.53. The molecule has 2 rings (SSSR count). The van der Waals surface area contributed by atoms with Gasteiger partial charge in [-0.05, 0) is 49.9 Å². The molecule has 0 unspecified atom stereocenters. The van der Waals surface area contributed by atoms with Gasteiger partial charge in [-0.3, -0.25) is 0 Å². The monoisotopic (exact) mass is 205 g/mol. The van der Waals surface area contributed by atoms with E-state index in [9.17, 15) is 5.11 Å². The molecule has 0 amide bonds. The van der Waals surface area contributed by atoms with E-state index in [1.165, 1.54) is 18.4 Å². The number of rotatable bonds is 2. The smallest absolute Gasteiger partial charge is 0.0762 e. The lowest BCUT2D eigenvalue weighted by atomic mass is 9.89. The second-order valence-electron chi connectivity index (χ2n) is 4.37. The summed E-state index contributed by atoms with van der Waals surface area (Å²) in [6.07, 6.45) is 2.07. The van der Waals surface area contributed by atoms with Crippen LogP contribution in [0.25, 0.3) is 0 Å². The number of aliphatic hydroxyl groups is 1. The summed E-state index contributed by atoms with van der Waals surface area (Å²) in [6.45, 7) is 4.05. The van der Waals surface area contributed by atoms with Gasteiger partial charge in [0.05, 0.1) is 6.10 Å². The first-order chi connectivity index (χ1) is 7.27. The van der Waals surface area contributed by atoms with Gasteiger partial charge in [-0.2, -0.15) is 0 Å². The molecule has 0 spiro atoms. The van der Waals surface area contributed by atoms with Gasteiger partial charge >= 0.3 is 0 Å². The number of piperidine rings is 1. The zero-order chi connectivity index (χ0) is 10.7. The molecule has 1 aliphatic heterocycles.